The van der Waals surface area contributed by atoms with Crippen LogP contribution in [-0.2, 0) is 5.88 Å². The predicted octanol–water partition coefficient (Wildman–Crippen LogP) is 4.67. The number of aromatic nitrogens is 2. The maximum absolute atomic E-state index is 13.9. The van der Waals surface area contributed by atoms with Gasteiger partial charge in [0.2, 0.25) is 0 Å². The fraction of sp³-hybridized carbons (Fsp3) is 0.562. The van der Waals surface area contributed by atoms with Crippen molar-refractivity contribution in [2.24, 2.45) is 5.92 Å². The molecule has 1 unspecified atom stereocenters. The summed E-state index contributed by atoms with van der Waals surface area (Å²) < 4.78 is 21.2. The number of halogens is 2. The van der Waals surface area contributed by atoms with Crippen molar-refractivity contribution in [1.82, 2.24) is 9.55 Å². The van der Waals surface area contributed by atoms with Crippen LogP contribution in [0.5, 0.6) is 5.75 Å². The minimum Gasteiger partial charge on any atom is -0.494 e. The molecule has 0 amide bonds. The van der Waals surface area contributed by atoms with Crippen LogP contribution in [0, 0.1) is 11.7 Å². The van der Waals surface area contributed by atoms with Gasteiger partial charge in [0.25, 0.3) is 0 Å². The molecule has 114 valence electrons. The first-order valence-electron chi connectivity index (χ1n) is 7.48. The molecule has 3 rings (SSSR count). The van der Waals surface area contributed by atoms with Crippen LogP contribution in [0.2, 0.25) is 0 Å². The molecule has 5 heteroatoms. The molecule has 0 N–H and O–H groups in total. The van der Waals surface area contributed by atoms with Gasteiger partial charge in [-0.25, -0.2) is 9.37 Å². The summed E-state index contributed by atoms with van der Waals surface area (Å²) in [6.45, 7) is 2.18. The van der Waals surface area contributed by atoms with E-state index >= 15 is 0 Å². The van der Waals surface area contributed by atoms with Crippen molar-refractivity contribution >= 4 is 22.6 Å². The number of methoxy groups -OCH3 is 1. The third kappa shape index (κ3) is 2.73. The minimum atomic E-state index is -0.383. The van der Waals surface area contributed by atoms with Gasteiger partial charge in [-0.05, 0) is 18.8 Å². The van der Waals surface area contributed by atoms with Gasteiger partial charge in [0.15, 0.2) is 11.6 Å². The van der Waals surface area contributed by atoms with Gasteiger partial charge in [0.1, 0.15) is 5.82 Å². The molecule has 1 heterocycles. The number of hydrogen-bond acceptors (Lipinski definition) is 2. The Bertz CT molecular complexity index is 651. The van der Waals surface area contributed by atoms with Crippen LogP contribution in [0.3, 0.4) is 0 Å². The maximum Gasteiger partial charge on any atom is 0.167 e. The van der Waals surface area contributed by atoms with Crippen molar-refractivity contribution < 1.29 is 9.13 Å². The summed E-state index contributed by atoms with van der Waals surface area (Å²) in [5.74, 6) is 1.83. The zero-order chi connectivity index (χ0) is 15.0. The highest BCUT2D eigenvalue weighted by molar-refractivity contribution is 6.16. The lowest BCUT2D eigenvalue weighted by atomic mass is 10.1. The molecule has 1 fully saturated rings. The molecule has 0 radical (unpaired) electrons. The third-order valence-electron chi connectivity index (χ3n) is 4.29. The van der Waals surface area contributed by atoms with Crippen LogP contribution in [0.4, 0.5) is 4.39 Å². The van der Waals surface area contributed by atoms with Crippen LogP contribution >= 0.6 is 11.6 Å². The van der Waals surface area contributed by atoms with E-state index in [4.69, 9.17) is 16.3 Å². The Labute approximate surface area is 129 Å². The SMILES string of the molecule is CCC(CC1CC1)n1c(CCl)nc2cc(F)c(OC)cc21. The van der Waals surface area contributed by atoms with Gasteiger partial charge in [0, 0.05) is 18.2 Å². The van der Waals surface area contributed by atoms with Gasteiger partial charge >= 0.3 is 0 Å². The largest absolute Gasteiger partial charge is 0.494 e. The molecular weight excluding hydrogens is 291 g/mol. The average molecular weight is 311 g/mol. The fourth-order valence-corrected chi connectivity index (χ4v) is 3.19. The molecule has 1 atom stereocenters. The van der Waals surface area contributed by atoms with E-state index in [2.05, 4.69) is 16.5 Å². The van der Waals surface area contributed by atoms with E-state index in [0.717, 1.165) is 30.1 Å². The standard InChI is InChI=1S/C16H20ClFN2O/c1-3-11(6-10-4-5-10)20-14-8-15(21-2)12(18)7-13(14)19-16(20)9-17/h7-8,10-11H,3-6,9H2,1-2H3. The normalized spacial score (nSPS) is 16.4. The van der Waals surface area contributed by atoms with E-state index in [-0.39, 0.29) is 11.6 Å². The van der Waals surface area contributed by atoms with Gasteiger partial charge in [0.05, 0.1) is 24.0 Å². The number of imidazole rings is 1. The zero-order valence-corrected chi connectivity index (χ0v) is 13.2. The molecule has 2 aromatic rings. The first-order chi connectivity index (χ1) is 10.2. The molecule has 3 nitrogen and oxygen atoms in total. The lowest BCUT2D eigenvalue weighted by Gasteiger charge is -2.20. The van der Waals surface area contributed by atoms with Gasteiger partial charge in [-0.15, -0.1) is 11.6 Å². The molecule has 21 heavy (non-hydrogen) atoms. The second-order valence-electron chi connectivity index (χ2n) is 5.75. The highest BCUT2D eigenvalue weighted by atomic mass is 35.5. The molecular formula is C16H20ClFN2O. The minimum absolute atomic E-state index is 0.256. The van der Waals surface area contributed by atoms with E-state index in [1.807, 2.05) is 0 Å². The van der Waals surface area contributed by atoms with E-state index in [1.165, 1.54) is 26.0 Å². The summed E-state index contributed by atoms with van der Waals surface area (Å²) in [6, 6.07) is 3.54. The lowest BCUT2D eigenvalue weighted by Crippen LogP contribution is -2.12. The Morgan fingerprint density at radius 1 is 1.48 bits per heavy atom. The zero-order valence-electron chi connectivity index (χ0n) is 12.4. The molecule has 1 aliphatic carbocycles. The highest BCUT2D eigenvalue weighted by Gasteiger charge is 2.28. The van der Waals surface area contributed by atoms with E-state index in [9.17, 15) is 4.39 Å². The Morgan fingerprint density at radius 2 is 2.24 bits per heavy atom. The Balaban J connectivity index is 2.12. The highest BCUT2D eigenvalue weighted by Crippen LogP contribution is 2.40. The van der Waals surface area contributed by atoms with Gasteiger partial charge in [-0.2, -0.15) is 0 Å². The monoisotopic (exact) mass is 310 g/mol. The van der Waals surface area contributed by atoms with E-state index in [0.29, 0.717) is 17.4 Å². The van der Waals surface area contributed by atoms with Gasteiger partial charge in [-0.3, -0.25) is 0 Å². The number of fused-ring (bicyclic) bond motifs is 1. The molecule has 1 aromatic carbocycles. The molecule has 0 spiro atoms. The van der Waals surface area contributed by atoms with Crippen molar-refractivity contribution in [3.63, 3.8) is 0 Å². The summed E-state index contributed by atoms with van der Waals surface area (Å²) in [5.41, 5.74) is 1.56. The van der Waals surface area contributed by atoms with Crippen LogP contribution in [-0.4, -0.2) is 16.7 Å². The molecule has 1 aromatic heterocycles. The summed E-state index contributed by atoms with van der Waals surface area (Å²) >= 11 is 6.06. The number of alkyl halides is 1. The molecule has 0 bridgehead atoms. The van der Waals surface area contributed by atoms with Crippen molar-refractivity contribution in [2.75, 3.05) is 7.11 Å². The second kappa shape index (κ2) is 5.84. The second-order valence-corrected chi connectivity index (χ2v) is 6.02. The lowest BCUT2D eigenvalue weighted by molar-refractivity contribution is 0.386. The molecule has 1 saturated carbocycles. The third-order valence-corrected chi connectivity index (χ3v) is 4.53. The van der Waals surface area contributed by atoms with Crippen molar-refractivity contribution in [3.05, 3.63) is 23.8 Å². The summed E-state index contributed by atoms with van der Waals surface area (Å²) in [5, 5.41) is 0. The summed E-state index contributed by atoms with van der Waals surface area (Å²) in [6.07, 6.45) is 4.80. The predicted molar refractivity (Wildman–Crippen MR) is 82.5 cm³/mol. The van der Waals surface area contributed by atoms with Gasteiger partial charge < -0.3 is 9.30 Å². The van der Waals surface area contributed by atoms with Crippen LogP contribution in [0.25, 0.3) is 11.0 Å². The van der Waals surface area contributed by atoms with Crippen molar-refractivity contribution in [2.45, 2.75) is 44.5 Å². The van der Waals surface area contributed by atoms with Crippen LogP contribution < -0.4 is 4.74 Å². The van der Waals surface area contributed by atoms with Crippen molar-refractivity contribution in [3.8, 4) is 5.75 Å². The van der Waals surface area contributed by atoms with E-state index < -0.39 is 0 Å². The van der Waals surface area contributed by atoms with Crippen LogP contribution in [0.15, 0.2) is 12.1 Å². The van der Waals surface area contributed by atoms with E-state index in [1.54, 1.807) is 6.07 Å². The number of hydrogen-bond donors (Lipinski definition) is 0. The van der Waals surface area contributed by atoms with Crippen molar-refractivity contribution in [1.29, 1.82) is 0 Å². The first kappa shape index (κ1) is 14.6. The number of nitrogens with zero attached hydrogens (tertiary/aromatic N) is 2. The fourth-order valence-electron chi connectivity index (χ4n) is 3.00. The molecule has 0 aliphatic heterocycles. The number of ether oxygens (including phenoxy) is 1. The molecule has 1 aliphatic rings. The molecule has 0 saturated heterocycles. The Kier molecular flexibility index (Phi) is 4.07. The maximum atomic E-state index is 13.9. The summed E-state index contributed by atoms with van der Waals surface area (Å²) in [4.78, 5) is 4.50. The van der Waals surface area contributed by atoms with Gasteiger partial charge in [-0.1, -0.05) is 19.8 Å². The summed E-state index contributed by atoms with van der Waals surface area (Å²) in [7, 11) is 1.48. The Morgan fingerprint density at radius 3 is 2.81 bits per heavy atom. The number of rotatable bonds is 6. The van der Waals surface area contributed by atoms with Crippen LogP contribution in [0.1, 0.15) is 44.5 Å². The average Bonchev–Trinajstić information content (AvgIpc) is 3.24. The first-order valence-corrected chi connectivity index (χ1v) is 8.01. The smallest absolute Gasteiger partial charge is 0.167 e. The number of benzene rings is 1. The quantitative estimate of drug-likeness (QED) is 0.725. The topological polar surface area (TPSA) is 27.1 Å². The Hall–Kier alpha value is -1.29.